The van der Waals surface area contributed by atoms with Gasteiger partial charge in [0.2, 0.25) is 16.8 Å². The highest BCUT2D eigenvalue weighted by Crippen LogP contribution is 2.63. The first-order chi connectivity index (χ1) is 10.3. The van der Waals surface area contributed by atoms with Gasteiger partial charge >= 0.3 is 0 Å². The summed E-state index contributed by atoms with van der Waals surface area (Å²) in [5.74, 6) is 1.38. The molecule has 22 heavy (non-hydrogen) atoms. The molecule has 0 fully saturated rings. The second-order valence-corrected chi connectivity index (χ2v) is 12.2. The Morgan fingerprint density at radius 2 is 2.00 bits per heavy atom. The normalized spacial score (nSPS) is 15.3. The average molecular weight is 382 g/mol. The lowest BCUT2D eigenvalue weighted by Crippen LogP contribution is -2.30. The summed E-state index contributed by atoms with van der Waals surface area (Å²) in [6.07, 6.45) is -0.0284. The Kier molecular flexibility index (Phi) is 6.32. The lowest BCUT2D eigenvalue weighted by atomic mass is 10.5. The van der Waals surface area contributed by atoms with E-state index in [1.54, 1.807) is 4.68 Å². The zero-order valence-electron chi connectivity index (χ0n) is 12.8. The Labute approximate surface area is 143 Å². The minimum atomic E-state index is -2.47. The maximum atomic E-state index is 11.5. The molecule has 2 heterocycles. The smallest absolute Gasteiger partial charge is 0.249 e. The second-order valence-electron chi connectivity index (χ2n) is 5.09. The molecule has 2 rings (SSSR count). The van der Waals surface area contributed by atoms with Crippen LogP contribution in [0.15, 0.2) is 5.16 Å². The van der Waals surface area contributed by atoms with E-state index in [-0.39, 0.29) is 18.1 Å². The Morgan fingerprint density at radius 1 is 1.36 bits per heavy atom. The molecule has 0 radical (unpaired) electrons. The third-order valence-electron chi connectivity index (χ3n) is 2.30. The Hall–Kier alpha value is -0.120. The molecular weight excluding hydrogens is 363 g/mol. The van der Waals surface area contributed by atoms with Gasteiger partial charge in [-0.15, -0.1) is 10.2 Å². The first kappa shape index (κ1) is 18.2. The number of nitrogens with zero attached hydrogens (tertiary/aromatic N) is 3. The fourth-order valence-electron chi connectivity index (χ4n) is 1.63. The lowest BCUT2D eigenvalue weighted by Gasteiger charge is -2.25. The van der Waals surface area contributed by atoms with Crippen LogP contribution < -0.4 is 5.43 Å². The summed E-state index contributed by atoms with van der Waals surface area (Å²) in [6, 6.07) is 0. The van der Waals surface area contributed by atoms with Gasteiger partial charge in [-0.1, -0.05) is 23.1 Å². The summed E-state index contributed by atoms with van der Waals surface area (Å²) in [6.45, 7) is 7.73. The molecule has 0 unspecified atom stereocenters. The van der Waals surface area contributed by atoms with Crippen molar-refractivity contribution in [2.24, 2.45) is 0 Å². The highest BCUT2D eigenvalue weighted by Gasteiger charge is 2.27. The molecule has 7 nitrogen and oxygen atoms in total. The quantitative estimate of drug-likeness (QED) is 0.722. The number of hydrogen-bond donors (Lipinski definition) is 1. The van der Waals surface area contributed by atoms with Crippen LogP contribution in [0.4, 0.5) is 0 Å². The molecule has 0 saturated heterocycles. The summed E-state index contributed by atoms with van der Waals surface area (Å²) >= 11 is 8.36. The highest BCUT2D eigenvalue weighted by molar-refractivity contribution is 8.67. The fourth-order valence-corrected chi connectivity index (χ4v) is 7.72. The predicted molar refractivity (Wildman–Crippen MR) is 93.1 cm³/mol. The van der Waals surface area contributed by atoms with Gasteiger partial charge < -0.3 is 9.05 Å². The third kappa shape index (κ3) is 4.94. The number of carbonyl (C=O) groups excluding carboxylic acids is 1. The van der Waals surface area contributed by atoms with E-state index in [4.69, 9.17) is 20.9 Å². The second kappa shape index (κ2) is 7.63. The number of thioether (sulfide) groups is 1. The Morgan fingerprint density at radius 3 is 2.59 bits per heavy atom. The Bertz CT molecular complexity index is 579. The minimum Gasteiger partial charge on any atom is -0.319 e. The van der Waals surface area contributed by atoms with Crippen molar-refractivity contribution < 1.29 is 13.8 Å². The molecule has 0 atom stereocenters. The van der Waals surface area contributed by atoms with Gasteiger partial charge in [0.15, 0.2) is 5.82 Å². The predicted octanol–water partition coefficient (Wildman–Crippen LogP) is 2.76. The van der Waals surface area contributed by atoms with Crippen molar-refractivity contribution in [3.05, 3.63) is 5.82 Å². The number of aromatic nitrogens is 3. The van der Waals surface area contributed by atoms with Gasteiger partial charge in [-0.2, -0.15) is 0 Å². The number of hydrogen-bond acceptors (Lipinski definition) is 8. The van der Waals surface area contributed by atoms with Crippen LogP contribution in [0.3, 0.4) is 0 Å². The van der Waals surface area contributed by atoms with Gasteiger partial charge in [0.05, 0.1) is 23.7 Å². The first-order valence-corrected chi connectivity index (χ1v) is 12.0. The molecule has 0 aliphatic carbocycles. The van der Waals surface area contributed by atoms with E-state index in [2.05, 4.69) is 15.6 Å². The van der Waals surface area contributed by atoms with Crippen molar-refractivity contribution >= 4 is 46.6 Å². The van der Waals surface area contributed by atoms with Gasteiger partial charge in [-0.3, -0.25) is 10.2 Å². The van der Waals surface area contributed by atoms with E-state index in [1.165, 1.54) is 23.1 Å². The van der Waals surface area contributed by atoms with Gasteiger partial charge in [-0.25, -0.2) is 4.68 Å². The summed E-state index contributed by atoms with van der Waals surface area (Å²) in [5, 5.41) is 8.85. The van der Waals surface area contributed by atoms with E-state index in [1.807, 2.05) is 27.7 Å². The topological polar surface area (TPSA) is 78.3 Å². The number of carbonyl (C=O) groups is 1. The number of rotatable bonds is 7. The van der Waals surface area contributed by atoms with Crippen molar-refractivity contribution in [3.8, 4) is 0 Å². The first-order valence-electron chi connectivity index (χ1n) is 6.77. The van der Waals surface area contributed by atoms with Crippen LogP contribution in [-0.4, -0.2) is 38.7 Å². The minimum absolute atomic E-state index is 0.0142. The van der Waals surface area contributed by atoms with Crippen molar-refractivity contribution in [2.75, 3.05) is 11.2 Å². The average Bonchev–Trinajstić information content (AvgIpc) is 2.76. The van der Waals surface area contributed by atoms with Crippen LogP contribution in [0.1, 0.15) is 33.5 Å². The van der Waals surface area contributed by atoms with Gasteiger partial charge in [-0.05, 0) is 39.5 Å². The SMILES string of the molecule is CC(C)OP(=S)(OC(C)C)SCc1nnc2n1NC(=O)CS2. The molecule has 0 bridgehead atoms. The largest absolute Gasteiger partial charge is 0.319 e. The van der Waals surface area contributed by atoms with Crippen LogP contribution in [0.2, 0.25) is 0 Å². The van der Waals surface area contributed by atoms with Gasteiger partial charge in [0, 0.05) is 0 Å². The van der Waals surface area contributed by atoms with Crippen LogP contribution in [-0.2, 0) is 31.4 Å². The van der Waals surface area contributed by atoms with E-state index in [9.17, 15) is 4.79 Å². The molecular formula is C11H19N4O3PS3. The maximum Gasteiger partial charge on any atom is 0.249 e. The molecule has 124 valence electrons. The molecule has 0 saturated carbocycles. The maximum absolute atomic E-state index is 11.5. The summed E-state index contributed by atoms with van der Waals surface area (Å²) in [5.41, 5.74) is 0.267. The molecule has 0 spiro atoms. The number of nitrogens with one attached hydrogen (secondary N) is 1. The Balaban J connectivity index is 2.08. The summed E-state index contributed by atoms with van der Waals surface area (Å²) in [7, 11) is 0. The number of fused-ring (bicyclic) bond motifs is 1. The van der Waals surface area contributed by atoms with E-state index >= 15 is 0 Å². The molecule has 1 aliphatic rings. The molecule has 1 N–H and O–H groups in total. The monoisotopic (exact) mass is 382 g/mol. The highest BCUT2D eigenvalue weighted by atomic mass is 32.9. The van der Waals surface area contributed by atoms with Gasteiger partial charge in [0.1, 0.15) is 0 Å². The molecule has 1 aromatic heterocycles. The molecule has 1 aromatic rings. The van der Waals surface area contributed by atoms with Crippen molar-refractivity contribution in [2.45, 2.75) is 50.8 Å². The van der Waals surface area contributed by atoms with Crippen LogP contribution in [0.5, 0.6) is 0 Å². The molecule has 1 amide bonds. The summed E-state index contributed by atoms with van der Waals surface area (Å²) in [4.78, 5) is 11.5. The van der Waals surface area contributed by atoms with Crippen LogP contribution >= 0.6 is 28.8 Å². The molecule has 11 heteroatoms. The zero-order chi connectivity index (χ0) is 16.3. The van der Waals surface area contributed by atoms with Gasteiger partial charge in [0.25, 0.3) is 0 Å². The van der Waals surface area contributed by atoms with Crippen LogP contribution in [0, 0.1) is 0 Å². The summed E-state index contributed by atoms with van der Waals surface area (Å²) < 4.78 is 13.3. The van der Waals surface area contributed by atoms with Crippen LogP contribution in [0.25, 0.3) is 0 Å². The fraction of sp³-hybridized carbons (Fsp3) is 0.727. The lowest BCUT2D eigenvalue weighted by molar-refractivity contribution is -0.115. The van der Waals surface area contributed by atoms with E-state index < -0.39 is 5.69 Å². The van der Waals surface area contributed by atoms with Crippen molar-refractivity contribution in [1.29, 1.82) is 0 Å². The standard InChI is InChI=1S/C11H19N4O3PS3/c1-7(2)17-19(20,18-8(3)4)22-5-9-12-13-11-15(9)14-10(16)6-21-11/h7-8H,5-6H2,1-4H3,(H,14,16). The van der Waals surface area contributed by atoms with Crippen molar-refractivity contribution in [1.82, 2.24) is 14.9 Å². The molecule has 1 aliphatic heterocycles. The number of amides is 1. The zero-order valence-corrected chi connectivity index (χ0v) is 16.2. The van der Waals surface area contributed by atoms with E-state index in [0.29, 0.717) is 22.5 Å². The van der Waals surface area contributed by atoms with E-state index in [0.717, 1.165) is 0 Å². The molecule has 0 aromatic carbocycles. The van der Waals surface area contributed by atoms with Crippen molar-refractivity contribution in [3.63, 3.8) is 0 Å². The third-order valence-corrected chi connectivity index (χ3v) is 8.61.